The van der Waals surface area contributed by atoms with Gasteiger partial charge in [0.25, 0.3) is 0 Å². The lowest BCUT2D eigenvalue weighted by Crippen LogP contribution is -2.12. The van der Waals surface area contributed by atoms with Gasteiger partial charge in [-0.25, -0.2) is 9.59 Å². The normalized spacial score (nSPS) is 10.7. The third kappa shape index (κ3) is 12.5. The van der Waals surface area contributed by atoms with Gasteiger partial charge in [0.15, 0.2) is 11.5 Å². The summed E-state index contributed by atoms with van der Waals surface area (Å²) in [4.78, 5) is 26.1. The fourth-order valence-electron chi connectivity index (χ4n) is 5.25. The quantitative estimate of drug-likeness (QED) is 0.0325. The zero-order chi connectivity index (χ0) is 37.0. The summed E-state index contributed by atoms with van der Waals surface area (Å²) < 4.78 is 35.4. The molecular formula is C44H52O8. The molecule has 0 saturated carbocycles. The average Bonchev–Trinajstić information content (AvgIpc) is 3.17. The van der Waals surface area contributed by atoms with Crippen molar-refractivity contribution in [3.63, 3.8) is 0 Å². The van der Waals surface area contributed by atoms with Crippen molar-refractivity contribution in [3.8, 4) is 45.6 Å². The van der Waals surface area contributed by atoms with E-state index in [0.29, 0.717) is 72.1 Å². The van der Waals surface area contributed by atoms with Gasteiger partial charge >= 0.3 is 11.9 Å². The van der Waals surface area contributed by atoms with Crippen molar-refractivity contribution in [1.82, 2.24) is 0 Å². The first kappa shape index (κ1) is 39.5. The van der Waals surface area contributed by atoms with E-state index in [2.05, 4.69) is 27.4 Å². The maximum Gasteiger partial charge on any atom is 0.343 e. The molecule has 52 heavy (non-hydrogen) atoms. The fourth-order valence-corrected chi connectivity index (χ4v) is 5.25. The third-order valence-corrected chi connectivity index (χ3v) is 8.18. The highest BCUT2D eigenvalue weighted by Crippen LogP contribution is 2.40. The number of benzene rings is 4. The molecule has 0 heterocycles. The van der Waals surface area contributed by atoms with Gasteiger partial charge in [-0.2, -0.15) is 0 Å². The van der Waals surface area contributed by atoms with Crippen LogP contribution in [-0.4, -0.2) is 38.4 Å². The van der Waals surface area contributed by atoms with Crippen LogP contribution in [0.5, 0.6) is 34.5 Å². The van der Waals surface area contributed by atoms with E-state index < -0.39 is 11.9 Å². The maximum atomic E-state index is 13.5. The molecule has 0 aromatic heterocycles. The van der Waals surface area contributed by atoms with Crippen LogP contribution in [0, 0.1) is 0 Å². The van der Waals surface area contributed by atoms with Gasteiger partial charge in [0.2, 0.25) is 5.75 Å². The number of carbonyl (C=O) groups excluding carboxylic acids is 2. The summed E-state index contributed by atoms with van der Waals surface area (Å²) in [6.45, 7) is 12.0. The Morgan fingerprint density at radius 3 is 1.38 bits per heavy atom. The molecule has 4 aromatic rings. The Kier molecular flexibility index (Phi) is 16.6. The average molecular weight is 709 g/mol. The summed E-state index contributed by atoms with van der Waals surface area (Å²) in [6, 6.07) is 24.6. The standard InChI is InChI=1S/C44H52O8/c1-5-9-12-28-48-40-31-36(32-41(49-29-13-10-6-2)42(40)50-30-14-11-7-3)44(46)52-39-25-17-34(18-26-39)33-15-23-38(24-16-33)51-43(45)35-19-21-37(22-20-35)47-27-8-4/h8,15-26,31-32H,4-7,9-14,27-30H2,1-3H3. The highest BCUT2D eigenvalue weighted by Gasteiger charge is 2.21. The van der Waals surface area contributed by atoms with E-state index >= 15 is 0 Å². The molecule has 4 aromatic carbocycles. The minimum atomic E-state index is -0.521. The van der Waals surface area contributed by atoms with Gasteiger partial charge in [-0.3, -0.25) is 0 Å². The second-order valence-electron chi connectivity index (χ2n) is 12.4. The predicted molar refractivity (Wildman–Crippen MR) is 205 cm³/mol. The van der Waals surface area contributed by atoms with Crippen LogP contribution >= 0.6 is 0 Å². The van der Waals surface area contributed by atoms with Crippen molar-refractivity contribution in [2.75, 3.05) is 26.4 Å². The van der Waals surface area contributed by atoms with Crippen LogP contribution in [-0.2, 0) is 0 Å². The molecule has 0 N–H and O–H groups in total. The number of hydrogen-bond donors (Lipinski definition) is 0. The Morgan fingerprint density at radius 1 is 0.519 bits per heavy atom. The van der Waals surface area contributed by atoms with E-state index in [-0.39, 0.29) is 0 Å². The Hall–Kier alpha value is -5.24. The minimum Gasteiger partial charge on any atom is -0.490 e. The number of esters is 2. The summed E-state index contributed by atoms with van der Waals surface area (Å²) in [5, 5.41) is 0. The molecule has 0 fully saturated rings. The van der Waals surface area contributed by atoms with Crippen LogP contribution in [0.25, 0.3) is 11.1 Å². The van der Waals surface area contributed by atoms with Crippen LogP contribution in [0.1, 0.15) is 99.3 Å². The van der Waals surface area contributed by atoms with Gasteiger partial charge in [-0.05, 0) is 91.1 Å². The molecular weight excluding hydrogens is 656 g/mol. The van der Waals surface area contributed by atoms with Crippen molar-refractivity contribution in [3.05, 3.63) is 109 Å². The second kappa shape index (κ2) is 21.9. The van der Waals surface area contributed by atoms with Crippen LogP contribution in [0.15, 0.2) is 97.6 Å². The molecule has 0 bridgehead atoms. The van der Waals surface area contributed by atoms with E-state index in [1.807, 2.05) is 24.3 Å². The number of unbranched alkanes of at least 4 members (excludes halogenated alkanes) is 6. The molecule has 0 radical (unpaired) electrons. The number of ether oxygens (including phenoxy) is 6. The molecule has 276 valence electrons. The van der Waals surface area contributed by atoms with Crippen molar-refractivity contribution in [2.24, 2.45) is 0 Å². The number of carbonyl (C=O) groups is 2. The third-order valence-electron chi connectivity index (χ3n) is 8.18. The highest BCUT2D eigenvalue weighted by molar-refractivity contribution is 5.93. The summed E-state index contributed by atoms with van der Waals surface area (Å²) >= 11 is 0. The van der Waals surface area contributed by atoms with Crippen molar-refractivity contribution in [1.29, 1.82) is 0 Å². The Bertz CT molecular complexity index is 1640. The largest absolute Gasteiger partial charge is 0.490 e. The predicted octanol–water partition coefficient (Wildman–Crippen LogP) is 11.1. The van der Waals surface area contributed by atoms with E-state index in [9.17, 15) is 9.59 Å². The van der Waals surface area contributed by atoms with Gasteiger partial charge in [0.05, 0.1) is 30.9 Å². The zero-order valence-corrected chi connectivity index (χ0v) is 30.8. The topological polar surface area (TPSA) is 89.5 Å². The molecule has 0 amide bonds. The van der Waals surface area contributed by atoms with Crippen LogP contribution in [0.4, 0.5) is 0 Å². The number of rotatable bonds is 23. The summed E-state index contributed by atoms with van der Waals surface area (Å²) in [7, 11) is 0. The SMILES string of the molecule is C=CCOc1ccc(C(=O)Oc2ccc(-c3ccc(OC(=O)c4cc(OCCCCC)c(OCCCCC)c(OCCCCC)c4)cc3)cc2)cc1. The summed E-state index contributed by atoms with van der Waals surface area (Å²) in [6.07, 6.45) is 10.8. The van der Waals surface area contributed by atoms with E-state index in [1.54, 1.807) is 66.7 Å². The van der Waals surface area contributed by atoms with E-state index in [4.69, 9.17) is 28.4 Å². The molecule has 8 heteroatoms. The molecule has 8 nitrogen and oxygen atoms in total. The summed E-state index contributed by atoms with van der Waals surface area (Å²) in [5.41, 5.74) is 2.55. The smallest absolute Gasteiger partial charge is 0.343 e. The van der Waals surface area contributed by atoms with Gasteiger partial charge < -0.3 is 28.4 Å². The molecule has 0 aliphatic carbocycles. The lowest BCUT2D eigenvalue weighted by Gasteiger charge is -2.18. The molecule has 0 aliphatic heterocycles. The van der Waals surface area contributed by atoms with Crippen LogP contribution < -0.4 is 28.4 Å². The lowest BCUT2D eigenvalue weighted by atomic mass is 10.1. The number of hydrogen-bond acceptors (Lipinski definition) is 8. The minimum absolute atomic E-state index is 0.322. The van der Waals surface area contributed by atoms with Crippen molar-refractivity contribution >= 4 is 11.9 Å². The Morgan fingerprint density at radius 2 is 0.942 bits per heavy atom. The van der Waals surface area contributed by atoms with Crippen LogP contribution in [0.2, 0.25) is 0 Å². The first-order valence-corrected chi connectivity index (χ1v) is 18.5. The van der Waals surface area contributed by atoms with Gasteiger partial charge in [-0.1, -0.05) is 96.2 Å². The second-order valence-corrected chi connectivity index (χ2v) is 12.4. The van der Waals surface area contributed by atoms with Crippen molar-refractivity contribution in [2.45, 2.75) is 78.6 Å². The van der Waals surface area contributed by atoms with Gasteiger partial charge in [0.1, 0.15) is 23.9 Å². The fraction of sp³-hybridized carbons (Fsp3) is 0.364. The molecule has 0 unspecified atom stereocenters. The molecule has 0 saturated heterocycles. The van der Waals surface area contributed by atoms with E-state index in [0.717, 1.165) is 68.9 Å². The maximum absolute atomic E-state index is 13.5. The molecule has 0 atom stereocenters. The first-order valence-electron chi connectivity index (χ1n) is 18.5. The molecule has 0 aliphatic rings. The lowest BCUT2D eigenvalue weighted by molar-refractivity contribution is 0.0724. The van der Waals surface area contributed by atoms with Gasteiger partial charge in [-0.15, -0.1) is 0 Å². The summed E-state index contributed by atoms with van der Waals surface area (Å²) in [5.74, 6) is 2.00. The highest BCUT2D eigenvalue weighted by atomic mass is 16.5. The Labute approximate surface area is 308 Å². The van der Waals surface area contributed by atoms with Gasteiger partial charge in [0, 0.05) is 0 Å². The van der Waals surface area contributed by atoms with Crippen molar-refractivity contribution < 1.29 is 38.0 Å². The molecule has 0 spiro atoms. The molecule has 4 rings (SSSR count). The zero-order valence-electron chi connectivity index (χ0n) is 30.8. The monoisotopic (exact) mass is 708 g/mol. The van der Waals surface area contributed by atoms with Crippen LogP contribution in [0.3, 0.4) is 0 Å². The Balaban J connectivity index is 1.44. The van der Waals surface area contributed by atoms with E-state index in [1.165, 1.54) is 0 Å². The first-order chi connectivity index (χ1) is 25.4.